The Hall–Kier alpha value is -0.630. The number of aromatic amines is 1. The van der Waals surface area contributed by atoms with E-state index in [2.05, 4.69) is 18.8 Å². The second-order valence-corrected chi connectivity index (χ2v) is 3.05. The Morgan fingerprint density at radius 2 is 1.64 bits per heavy atom. The molecule has 0 aliphatic heterocycles. The Bertz CT molecular complexity index is 263. The summed E-state index contributed by atoms with van der Waals surface area (Å²) in [6.07, 6.45) is 2.05. The number of aromatic nitrogens is 1. The number of hydrogen-bond donors (Lipinski definition) is 1. The van der Waals surface area contributed by atoms with Crippen molar-refractivity contribution in [2.45, 2.75) is 26.7 Å². The van der Waals surface area contributed by atoms with Crippen molar-refractivity contribution in [3.8, 4) is 0 Å². The number of H-pyrrole nitrogens is 1. The zero-order valence-corrected chi connectivity index (χ0v) is 7.79. The Morgan fingerprint density at radius 3 is 2.00 bits per heavy atom. The van der Waals surface area contributed by atoms with Gasteiger partial charge >= 0.3 is 0 Å². The molecule has 11 heavy (non-hydrogen) atoms. The van der Waals surface area contributed by atoms with E-state index in [9.17, 15) is 0 Å². The second-order valence-electron chi connectivity index (χ2n) is 2.57. The van der Waals surface area contributed by atoms with Crippen LogP contribution in [0, 0.1) is 4.51 Å². The lowest BCUT2D eigenvalue weighted by Crippen LogP contribution is -1.92. The highest BCUT2D eigenvalue weighted by Crippen LogP contribution is 2.02. The van der Waals surface area contributed by atoms with Crippen molar-refractivity contribution in [1.82, 2.24) is 4.98 Å². The highest BCUT2D eigenvalue weighted by Gasteiger charge is 1.92. The Balaban J connectivity index is 3.12. The maximum absolute atomic E-state index is 5.10. The molecule has 0 aliphatic carbocycles. The van der Waals surface area contributed by atoms with E-state index in [1.165, 1.54) is 11.4 Å². The lowest BCUT2D eigenvalue weighted by atomic mass is 10.2. The van der Waals surface area contributed by atoms with E-state index in [1.807, 2.05) is 12.1 Å². The van der Waals surface area contributed by atoms with Gasteiger partial charge in [0.05, 0.1) is 0 Å². The topological polar surface area (TPSA) is 15.8 Å². The van der Waals surface area contributed by atoms with Gasteiger partial charge in [-0.2, -0.15) is 0 Å². The maximum Gasteiger partial charge on any atom is 0.0411 e. The van der Waals surface area contributed by atoms with Crippen LogP contribution >= 0.6 is 12.2 Å². The zero-order valence-electron chi connectivity index (χ0n) is 6.98. The van der Waals surface area contributed by atoms with Gasteiger partial charge in [-0.1, -0.05) is 26.1 Å². The Labute approximate surface area is 72.5 Å². The molecule has 1 aromatic heterocycles. The highest BCUT2D eigenvalue weighted by atomic mass is 32.1. The molecular formula is C9H13NS. The van der Waals surface area contributed by atoms with Crippen LogP contribution in [0.4, 0.5) is 0 Å². The molecule has 60 valence electrons. The van der Waals surface area contributed by atoms with Crippen LogP contribution in [-0.2, 0) is 12.8 Å². The Morgan fingerprint density at radius 1 is 1.18 bits per heavy atom. The average Bonchev–Trinajstić information content (AvgIpc) is 2.03. The van der Waals surface area contributed by atoms with Crippen LogP contribution in [0.15, 0.2) is 12.1 Å². The van der Waals surface area contributed by atoms with Crippen LogP contribution in [0.3, 0.4) is 0 Å². The van der Waals surface area contributed by atoms with Crippen molar-refractivity contribution in [2.75, 3.05) is 0 Å². The molecule has 0 radical (unpaired) electrons. The van der Waals surface area contributed by atoms with E-state index in [-0.39, 0.29) is 0 Å². The monoisotopic (exact) mass is 167 g/mol. The molecule has 0 fully saturated rings. The summed E-state index contributed by atoms with van der Waals surface area (Å²) < 4.78 is 0.942. The fourth-order valence-corrected chi connectivity index (χ4v) is 1.33. The summed E-state index contributed by atoms with van der Waals surface area (Å²) in [5.74, 6) is 0. The summed E-state index contributed by atoms with van der Waals surface area (Å²) in [5, 5.41) is 0. The van der Waals surface area contributed by atoms with Gasteiger partial charge in [-0.3, -0.25) is 0 Å². The van der Waals surface area contributed by atoms with Crippen molar-refractivity contribution in [3.05, 3.63) is 28.0 Å². The van der Waals surface area contributed by atoms with Crippen LogP contribution in [0.25, 0.3) is 0 Å². The third-order valence-electron chi connectivity index (χ3n) is 1.72. The molecule has 2 heteroatoms. The van der Waals surface area contributed by atoms with E-state index in [0.717, 1.165) is 17.4 Å². The summed E-state index contributed by atoms with van der Waals surface area (Å²) in [6.45, 7) is 4.25. The van der Waals surface area contributed by atoms with Crippen molar-refractivity contribution in [3.63, 3.8) is 0 Å². The molecule has 1 N–H and O–H groups in total. The van der Waals surface area contributed by atoms with Crippen LogP contribution in [-0.4, -0.2) is 4.98 Å². The van der Waals surface area contributed by atoms with Gasteiger partial charge < -0.3 is 4.98 Å². The molecule has 1 nitrogen and oxygen atoms in total. The fraction of sp³-hybridized carbons (Fsp3) is 0.444. The third-order valence-corrected chi connectivity index (χ3v) is 1.95. The van der Waals surface area contributed by atoms with Crippen molar-refractivity contribution in [2.24, 2.45) is 0 Å². The van der Waals surface area contributed by atoms with Crippen LogP contribution < -0.4 is 0 Å². The molecule has 0 saturated heterocycles. The number of hydrogen-bond acceptors (Lipinski definition) is 1. The molecule has 0 aromatic carbocycles. The molecule has 0 amide bonds. The standard InChI is InChI=1S/C9H13NS/c1-3-7-5-9(11)6-8(4-2)10-7/h5-6H,3-4H2,1-2H3,(H,10,11). The minimum absolute atomic E-state index is 0.942. The second kappa shape index (κ2) is 3.67. The number of aryl methyl sites for hydroxylation is 2. The molecule has 0 spiro atoms. The van der Waals surface area contributed by atoms with Crippen molar-refractivity contribution >= 4 is 12.2 Å². The van der Waals surface area contributed by atoms with E-state index < -0.39 is 0 Å². The third kappa shape index (κ3) is 2.15. The number of nitrogens with one attached hydrogen (secondary N) is 1. The fourth-order valence-electron chi connectivity index (χ4n) is 1.04. The summed E-state index contributed by atoms with van der Waals surface area (Å²) in [7, 11) is 0. The summed E-state index contributed by atoms with van der Waals surface area (Å²) in [6, 6.07) is 4.04. The van der Waals surface area contributed by atoms with Crippen LogP contribution in [0.5, 0.6) is 0 Å². The molecule has 1 aromatic rings. The van der Waals surface area contributed by atoms with E-state index in [1.54, 1.807) is 0 Å². The van der Waals surface area contributed by atoms with Gasteiger partial charge in [0, 0.05) is 15.9 Å². The van der Waals surface area contributed by atoms with E-state index >= 15 is 0 Å². The quantitative estimate of drug-likeness (QED) is 0.670. The number of pyridine rings is 1. The molecule has 1 rings (SSSR count). The molecule has 1 heterocycles. The predicted molar refractivity (Wildman–Crippen MR) is 50.4 cm³/mol. The van der Waals surface area contributed by atoms with Gasteiger partial charge in [0.1, 0.15) is 0 Å². The maximum atomic E-state index is 5.10. The van der Waals surface area contributed by atoms with E-state index in [4.69, 9.17) is 12.2 Å². The average molecular weight is 167 g/mol. The van der Waals surface area contributed by atoms with Gasteiger partial charge in [-0.15, -0.1) is 0 Å². The SMILES string of the molecule is CCc1cc(=S)cc(CC)[nH]1. The first-order valence-corrected chi connectivity index (χ1v) is 4.39. The highest BCUT2D eigenvalue weighted by molar-refractivity contribution is 7.71. The Kier molecular flexibility index (Phi) is 2.83. The lowest BCUT2D eigenvalue weighted by Gasteiger charge is -2.01. The van der Waals surface area contributed by atoms with Crippen molar-refractivity contribution in [1.29, 1.82) is 0 Å². The first-order valence-electron chi connectivity index (χ1n) is 3.98. The van der Waals surface area contributed by atoms with Crippen LogP contribution in [0.2, 0.25) is 0 Å². The van der Waals surface area contributed by atoms with Gasteiger partial charge in [-0.05, 0) is 25.0 Å². The largest absolute Gasteiger partial charge is 0.362 e. The normalized spacial score (nSPS) is 10.0. The first-order chi connectivity index (χ1) is 5.26. The minimum Gasteiger partial charge on any atom is -0.362 e. The zero-order chi connectivity index (χ0) is 8.27. The molecule has 0 aliphatic rings. The summed E-state index contributed by atoms with van der Waals surface area (Å²) in [5.41, 5.74) is 2.46. The van der Waals surface area contributed by atoms with Gasteiger partial charge in [0.25, 0.3) is 0 Å². The smallest absolute Gasteiger partial charge is 0.0411 e. The predicted octanol–water partition coefficient (Wildman–Crippen LogP) is 2.87. The molecular weight excluding hydrogens is 154 g/mol. The number of rotatable bonds is 2. The summed E-state index contributed by atoms with van der Waals surface area (Å²) in [4.78, 5) is 3.32. The summed E-state index contributed by atoms with van der Waals surface area (Å²) >= 11 is 5.10. The molecule has 0 atom stereocenters. The van der Waals surface area contributed by atoms with Gasteiger partial charge in [0.15, 0.2) is 0 Å². The van der Waals surface area contributed by atoms with Crippen LogP contribution in [0.1, 0.15) is 25.2 Å². The molecule has 0 unspecified atom stereocenters. The van der Waals surface area contributed by atoms with Gasteiger partial charge in [-0.25, -0.2) is 0 Å². The van der Waals surface area contributed by atoms with Gasteiger partial charge in [0.2, 0.25) is 0 Å². The molecule has 0 bridgehead atoms. The van der Waals surface area contributed by atoms with E-state index in [0.29, 0.717) is 0 Å². The minimum atomic E-state index is 0.942. The first kappa shape index (κ1) is 8.47. The molecule has 0 saturated carbocycles. The lowest BCUT2D eigenvalue weighted by molar-refractivity contribution is 0.952. The van der Waals surface area contributed by atoms with Crippen molar-refractivity contribution < 1.29 is 0 Å².